The second-order valence-electron chi connectivity index (χ2n) is 5.44. The Bertz CT molecular complexity index is 918. The van der Waals surface area contributed by atoms with Crippen LogP contribution in [0.3, 0.4) is 0 Å². The van der Waals surface area contributed by atoms with E-state index in [2.05, 4.69) is 10.4 Å². The fourth-order valence-corrected chi connectivity index (χ4v) is 2.42. The molecule has 0 saturated carbocycles. The van der Waals surface area contributed by atoms with E-state index in [1.807, 2.05) is 0 Å². The van der Waals surface area contributed by atoms with Crippen molar-refractivity contribution in [2.45, 2.75) is 13.8 Å². The molecule has 3 rings (SSSR count). The summed E-state index contributed by atoms with van der Waals surface area (Å²) in [6.45, 7) is 3.46. The number of nitrogens with one attached hydrogen (secondary N) is 1. The third kappa shape index (κ3) is 2.90. The maximum Gasteiger partial charge on any atom is 0.259 e. The Kier molecular flexibility index (Phi) is 4.12. The average molecular weight is 327 g/mol. The first kappa shape index (κ1) is 15.9. The number of nitrogens with zero attached hydrogens (tertiary/aromatic N) is 2. The minimum Gasteiger partial charge on any atom is -0.319 e. The first-order chi connectivity index (χ1) is 11.5. The minimum atomic E-state index is -0.520. The topological polar surface area (TPSA) is 46.9 Å². The van der Waals surface area contributed by atoms with Crippen molar-refractivity contribution in [3.05, 3.63) is 77.1 Å². The van der Waals surface area contributed by atoms with Gasteiger partial charge in [0.15, 0.2) is 0 Å². The van der Waals surface area contributed by atoms with Gasteiger partial charge in [0.2, 0.25) is 0 Å². The monoisotopic (exact) mass is 327 g/mol. The van der Waals surface area contributed by atoms with Gasteiger partial charge in [0.05, 0.1) is 23.1 Å². The Balaban J connectivity index is 1.92. The van der Waals surface area contributed by atoms with Crippen molar-refractivity contribution >= 4 is 11.6 Å². The van der Waals surface area contributed by atoms with Crippen LogP contribution in [0.15, 0.2) is 48.7 Å². The maximum atomic E-state index is 13.9. The summed E-state index contributed by atoms with van der Waals surface area (Å²) in [5.41, 5.74) is 1.88. The van der Waals surface area contributed by atoms with Gasteiger partial charge in [0.1, 0.15) is 17.3 Å². The number of amides is 1. The first-order valence-electron chi connectivity index (χ1n) is 7.34. The quantitative estimate of drug-likeness (QED) is 0.790. The standard InChI is InChI=1S/C18H15F2N3O/c1-11-7-8-14(19)16(9-11)22-18(24)13-10-21-23(12(13)2)17-6-4-3-5-15(17)20/h3-10H,1-2H3,(H,22,24). The van der Waals surface area contributed by atoms with Crippen LogP contribution in [0.4, 0.5) is 14.5 Å². The number of anilines is 1. The van der Waals surface area contributed by atoms with Crippen molar-refractivity contribution in [3.63, 3.8) is 0 Å². The van der Waals surface area contributed by atoms with E-state index in [0.29, 0.717) is 5.69 Å². The third-order valence-corrected chi connectivity index (χ3v) is 3.71. The zero-order chi connectivity index (χ0) is 17.3. The Hall–Kier alpha value is -3.02. The molecule has 2 aromatic carbocycles. The molecule has 4 nitrogen and oxygen atoms in total. The zero-order valence-electron chi connectivity index (χ0n) is 13.2. The molecule has 1 amide bonds. The van der Waals surface area contributed by atoms with E-state index in [0.717, 1.165) is 5.56 Å². The Morgan fingerprint density at radius 3 is 2.58 bits per heavy atom. The Morgan fingerprint density at radius 2 is 1.83 bits per heavy atom. The highest BCUT2D eigenvalue weighted by molar-refractivity contribution is 6.05. The molecule has 0 aliphatic rings. The second kappa shape index (κ2) is 6.23. The van der Waals surface area contributed by atoms with Gasteiger partial charge >= 0.3 is 0 Å². The van der Waals surface area contributed by atoms with Crippen molar-refractivity contribution in [3.8, 4) is 5.69 Å². The van der Waals surface area contributed by atoms with Gasteiger partial charge < -0.3 is 5.32 Å². The molecule has 0 saturated heterocycles. The summed E-state index contributed by atoms with van der Waals surface area (Å²) in [5, 5.41) is 6.60. The van der Waals surface area contributed by atoms with Crippen LogP contribution in [0, 0.1) is 25.5 Å². The highest BCUT2D eigenvalue weighted by atomic mass is 19.1. The van der Waals surface area contributed by atoms with Gasteiger partial charge in [-0.15, -0.1) is 0 Å². The number of carbonyl (C=O) groups is 1. The number of benzene rings is 2. The lowest BCUT2D eigenvalue weighted by Crippen LogP contribution is -2.14. The van der Waals surface area contributed by atoms with E-state index >= 15 is 0 Å². The van der Waals surface area contributed by atoms with Crippen molar-refractivity contribution in [2.24, 2.45) is 0 Å². The van der Waals surface area contributed by atoms with Gasteiger partial charge in [0.25, 0.3) is 5.91 Å². The molecule has 0 aliphatic heterocycles. The lowest BCUT2D eigenvalue weighted by molar-refractivity contribution is 0.102. The average Bonchev–Trinajstić information content (AvgIpc) is 2.93. The number of aromatic nitrogens is 2. The van der Waals surface area contributed by atoms with Crippen LogP contribution in [0.1, 0.15) is 21.6 Å². The molecule has 0 aliphatic carbocycles. The molecule has 0 spiro atoms. The molecule has 122 valence electrons. The van der Waals surface area contributed by atoms with Crippen LogP contribution in [-0.2, 0) is 0 Å². The Labute approximate surface area is 137 Å². The molecule has 0 unspecified atom stereocenters. The SMILES string of the molecule is Cc1ccc(F)c(NC(=O)c2cnn(-c3ccccc3F)c2C)c1. The molecule has 0 fully saturated rings. The number of aryl methyl sites for hydroxylation is 1. The van der Waals surface area contributed by atoms with Crippen molar-refractivity contribution < 1.29 is 13.6 Å². The summed E-state index contributed by atoms with van der Waals surface area (Å²) in [7, 11) is 0. The van der Waals surface area contributed by atoms with Gasteiger partial charge in [-0.2, -0.15) is 5.10 Å². The molecule has 1 heterocycles. The summed E-state index contributed by atoms with van der Waals surface area (Å²) >= 11 is 0. The van der Waals surface area contributed by atoms with Crippen molar-refractivity contribution in [1.82, 2.24) is 9.78 Å². The van der Waals surface area contributed by atoms with E-state index in [1.165, 1.54) is 23.0 Å². The summed E-state index contributed by atoms with van der Waals surface area (Å²) in [6, 6.07) is 10.6. The second-order valence-corrected chi connectivity index (χ2v) is 5.44. The van der Waals surface area contributed by atoms with E-state index in [4.69, 9.17) is 0 Å². The molecule has 3 aromatic rings. The predicted molar refractivity (Wildman–Crippen MR) is 87.3 cm³/mol. The highest BCUT2D eigenvalue weighted by Crippen LogP contribution is 2.20. The number of halogens is 2. The van der Waals surface area contributed by atoms with Gasteiger partial charge in [-0.05, 0) is 43.7 Å². The number of hydrogen-bond acceptors (Lipinski definition) is 2. The number of rotatable bonds is 3. The van der Waals surface area contributed by atoms with E-state index < -0.39 is 17.5 Å². The fourth-order valence-electron chi connectivity index (χ4n) is 2.42. The Morgan fingerprint density at radius 1 is 1.08 bits per heavy atom. The first-order valence-corrected chi connectivity index (χ1v) is 7.34. The van der Waals surface area contributed by atoms with Crippen LogP contribution < -0.4 is 5.32 Å². The lowest BCUT2D eigenvalue weighted by atomic mass is 10.2. The fraction of sp³-hybridized carbons (Fsp3) is 0.111. The van der Waals surface area contributed by atoms with E-state index in [9.17, 15) is 13.6 Å². The molecular weight excluding hydrogens is 312 g/mol. The molecule has 0 radical (unpaired) electrons. The van der Waals surface area contributed by atoms with Crippen LogP contribution in [0.5, 0.6) is 0 Å². The molecular formula is C18H15F2N3O. The molecule has 1 N–H and O–H groups in total. The van der Waals surface area contributed by atoms with E-state index in [1.54, 1.807) is 44.2 Å². The van der Waals surface area contributed by atoms with E-state index in [-0.39, 0.29) is 16.9 Å². The summed E-state index contributed by atoms with van der Waals surface area (Å²) in [6.07, 6.45) is 1.34. The smallest absolute Gasteiger partial charge is 0.259 e. The minimum absolute atomic E-state index is 0.0954. The maximum absolute atomic E-state index is 13.9. The van der Waals surface area contributed by atoms with Gasteiger partial charge in [-0.1, -0.05) is 18.2 Å². The number of carbonyl (C=O) groups excluding carboxylic acids is 1. The molecule has 24 heavy (non-hydrogen) atoms. The summed E-state index contributed by atoms with van der Waals surface area (Å²) in [5.74, 6) is -1.46. The van der Waals surface area contributed by atoms with Crippen LogP contribution in [0.25, 0.3) is 5.69 Å². The van der Waals surface area contributed by atoms with Crippen LogP contribution in [0.2, 0.25) is 0 Å². The third-order valence-electron chi connectivity index (χ3n) is 3.71. The van der Waals surface area contributed by atoms with Gasteiger partial charge in [-0.3, -0.25) is 4.79 Å². The molecule has 6 heteroatoms. The zero-order valence-corrected chi connectivity index (χ0v) is 13.2. The lowest BCUT2D eigenvalue weighted by Gasteiger charge is -2.08. The summed E-state index contributed by atoms with van der Waals surface area (Å²) in [4.78, 5) is 12.4. The summed E-state index contributed by atoms with van der Waals surface area (Å²) < 4.78 is 29.0. The van der Waals surface area contributed by atoms with Crippen LogP contribution >= 0.6 is 0 Å². The number of para-hydroxylation sites is 1. The van der Waals surface area contributed by atoms with Crippen LogP contribution in [-0.4, -0.2) is 15.7 Å². The van der Waals surface area contributed by atoms with Gasteiger partial charge in [0, 0.05) is 0 Å². The molecule has 0 atom stereocenters. The molecule has 1 aromatic heterocycles. The predicted octanol–water partition coefficient (Wildman–Crippen LogP) is 4.02. The van der Waals surface area contributed by atoms with Crippen molar-refractivity contribution in [2.75, 3.05) is 5.32 Å². The van der Waals surface area contributed by atoms with Crippen molar-refractivity contribution in [1.29, 1.82) is 0 Å². The van der Waals surface area contributed by atoms with Gasteiger partial charge in [-0.25, -0.2) is 13.5 Å². The molecule has 0 bridgehead atoms. The number of hydrogen-bond donors (Lipinski definition) is 1. The highest BCUT2D eigenvalue weighted by Gasteiger charge is 2.18. The normalized spacial score (nSPS) is 10.7. The largest absolute Gasteiger partial charge is 0.319 e.